The summed E-state index contributed by atoms with van der Waals surface area (Å²) in [7, 11) is 0. The summed E-state index contributed by atoms with van der Waals surface area (Å²) in [6.45, 7) is 3.62. The highest BCUT2D eigenvalue weighted by Crippen LogP contribution is 2.50. The standard InChI is InChI=1S/C107H64N12O10/c1-107(2,63-39-49-89(120)87(51-63)118-103(126)75-45-41-71-91-72(42-46-76(93(75)91)104(118)127)100(123)116(99(71)122)69-55-65(112-83-35-19-15-31-79(83)108-95(112)59-23-7-3-8-24-59)53-66(56-69)113-84-36-20-16-32-80(84)109-96(113)60-25-9-4-10-26-60)64-40-50-90(121)88(52-64)119-105(128)77-47-43-73-92-74(44-48-78(94(77)92)106(119)129)102(125)117(101(73)124)70-57-67(114-85-37-21-17-33-81(85)110-97(114)61-27-11-5-12-28-61)54-68(58-70)115-86-38-22-18-34-82(86)111-98(115)62-29-13-6-14-30-62/h3-58,120-121H,1-2H3. The van der Waals surface area contributed by atoms with Gasteiger partial charge in [0.25, 0.3) is 47.3 Å². The normalized spacial score (nSPS) is 13.8. The highest BCUT2D eigenvalue weighted by Gasteiger charge is 2.46. The third-order valence-electron chi connectivity index (χ3n) is 25.4. The number of phenolic OH excluding ortho intramolecular Hbond substituents is 2. The zero-order valence-electron chi connectivity index (χ0n) is 68.4. The van der Waals surface area contributed by atoms with E-state index in [1.54, 1.807) is 36.4 Å². The first-order valence-corrected chi connectivity index (χ1v) is 41.8. The minimum Gasteiger partial charge on any atom is -0.506 e. The minimum atomic E-state index is -1.19. The molecule has 0 spiro atoms. The number of anilines is 4. The van der Waals surface area contributed by atoms with Crippen LogP contribution in [0.2, 0.25) is 0 Å². The Morgan fingerprint density at radius 2 is 0.434 bits per heavy atom. The van der Waals surface area contributed by atoms with Crippen molar-refractivity contribution in [2.75, 3.05) is 19.6 Å². The van der Waals surface area contributed by atoms with Gasteiger partial charge in [0, 0.05) is 93.7 Å². The summed E-state index contributed by atoms with van der Waals surface area (Å²) in [5, 5.41) is 24.3. The van der Waals surface area contributed by atoms with E-state index in [2.05, 4.69) is 0 Å². The van der Waals surface area contributed by atoms with Gasteiger partial charge in [-0.3, -0.25) is 56.6 Å². The number of hydrogen-bond acceptors (Lipinski definition) is 14. The van der Waals surface area contributed by atoms with E-state index < -0.39 is 64.2 Å². The third-order valence-corrected chi connectivity index (χ3v) is 25.4. The largest absolute Gasteiger partial charge is 0.506 e. The van der Waals surface area contributed by atoms with Gasteiger partial charge in [0.05, 0.1) is 89.6 Å². The fourth-order valence-electron chi connectivity index (χ4n) is 19.2. The van der Waals surface area contributed by atoms with Crippen molar-refractivity contribution in [3.63, 3.8) is 0 Å². The number of hydrogen-bond donors (Lipinski definition) is 2. The molecule has 8 amide bonds. The molecule has 16 aromatic carbocycles. The summed E-state index contributed by atoms with van der Waals surface area (Å²) >= 11 is 0. The average Bonchev–Trinajstić information content (AvgIpc) is 1.70. The number of carbonyl (C=O) groups excluding carboxylic acids is 8. The molecular formula is C107H64N12O10. The minimum absolute atomic E-state index is 0.0261. The zero-order chi connectivity index (χ0) is 87.3. The Kier molecular flexibility index (Phi) is 16.3. The van der Waals surface area contributed by atoms with Crippen molar-refractivity contribution in [1.29, 1.82) is 0 Å². The quantitative estimate of drug-likeness (QED) is 0.0960. The highest BCUT2D eigenvalue weighted by molar-refractivity contribution is 6.44. The van der Waals surface area contributed by atoms with E-state index in [1.165, 1.54) is 72.8 Å². The summed E-state index contributed by atoms with van der Waals surface area (Å²) in [5.74, 6) is -4.83. The van der Waals surface area contributed by atoms with Gasteiger partial charge >= 0.3 is 0 Å². The number of imidazole rings is 4. The fraction of sp³-hybridized carbons (Fsp3) is 0.0280. The van der Waals surface area contributed by atoms with E-state index in [1.807, 2.05) is 263 Å². The molecule has 20 aromatic rings. The Morgan fingerprint density at radius 3 is 0.674 bits per heavy atom. The van der Waals surface area contributed by atoms with Gasteiger partial charge in [-0.2, -0.15) is 0 Å². The molecule has 8 heterocycles. The van der Waals surface area contributed by atoms with E-state index in [0.717, 1.165) is 63.9 Å². The van der Waals surface area contributed by atoms with Crippen LogP contribution in [-0.2, 0) is 5.41 Å². The van der Waals surface area contributed by atoms with E-state index in [-0.39, 0.29) is 88.8 Å². The number of phenols is 2. The molecule has 0 fully saturated rings. The number of carbonyl (C=O) groups is 8. The van der Waals surface area contributed by atoms with Crippen LogP contribution < -0.4 is 19.6 Å². The molecule has 4 aliphatic heterocycles. The van der Waals surface area contributed by atoms with Crippen LogP contribution in [0.1, 0.15) is 108 Å². The Hall–Kier alpha value is -17.9. The Morgan fingerprint density at radius 1 is 0.225 bits per heavy atom. The molecule has 0 bridgehead atoms. The second kappa shape index (κ2) is 28.1. The van der Waals surface area contributed by atoms with Crippen molar-refractivity contribution >= 4 is 136 Å². The second-order valence-electron chi connectivity index (χ2n) is 32.9. The van der Waals surface area contributed by atoms with E-state index >= 15 is 38.4 Å². The van der Waals surface area contributed by atoms with Crippen LogP contribution in [0.3, 0.4) is 0 Å². The molecule has 0 saturated heterocycles. The van der Waals surface area contributed by atoms with Crippen LogP contribution >= 0.6 is 0 Å². The van der Waals surface area contributed by atoms with Gasteiger partial charge in [-0.25, -0.2) is 39.5 Å². The Bertz CT molecular complexity index is 7560. The van der Waals surface area contributed by atoms with E-state index in [4.69, 9.17) is 19.9 Å². The molecule has 129 heavy (non-hydrogen) atoms. The molecule has 4 aromatic heterocycles. The van der Waals surface area contributed by atoms with Crippen LogP contribution in [0.5, 0.6) is 11.5 Å². The Labute approximate surface area is 732 Å². The van der Waals surface area contributed by atoms with Crippen LogP contribution in [0.25, 0.3) is 134 Å². The van der Waals surface area contributed by atoms with E-state index in [9.17, 15) is 10.2 Å². The van der Waals surface area contributed by atoms with Crippen molar-refractivity contribution in [3.8, 4) is 79.8 Å². The number of benzene rings is 16. The van der Waals surface area contributed by atoms with Gasteiger partial charge in [-0.1, -0.05) is 196 Å². The molecule has 0 unspecified atom stereocenters. The molecule has 22 heteroatoms. The topological polar surface area (TPSA) is 261 Å². The van der Waals surface area contributed by atoms with E-state index in [0.29, 0.717) is 79.2 Å². The maximum atomic E-state index is 15.8. The first kappa shape index (κ1) is 74.9. The molecule has 24 rings (SSSR count). The van der Waals surface area contributed by atoms with Crippen molar-refractivity contribution in [1.82, 2.24) is 38.2 Å². The molecule has 0 saturated carbocycles. The summed E-state index contributed by atoms with van der Waals surface area (Å²) in [6, 6.07) is 101. The average molecular weight is 1680 g/mol. The van der Waals surface area contributed by atoms with Gasteiger partial charge in [0.2, 0.25) is 0 Å². The highest BCUT2D eigenvalue weighted by atomic mass is 16.3. The molecular weight excluding hydrogens is 1610 g/mol. The van der Waals surface area contributed by atoms with Crippen LogP contribution in [0.15, 0.2) is 340 Å². The SMILES string of the molecule is CC(C)(c1ccc(O)c(N2C(=O)c3ccc4c5c(ccc(c35)C2=O)C(=O)N(c2cc(-n3c(-c5ccccc5)nc5ccccc53)cc(-n3c(-c5ccccc5)nc5ccccc53)c2)C4=O)c1)c1ccc(O)c(N2C(=O)c3ccc4c5c(ccc(c35)C2=O)C(=O)N(c2cc(-n3c(-c5ccccc5)nc5ccccc53)cc(-n3c(-c5ccccc5)nc5ccccc53)c2)C4=O)c1. The zero-order valence-corrected chi connectivity index (χ0v) is 68.4. The number of rotatable bonds is 14. The lowest BCUT2D eigenvalue weighted by Gasteiger charge is -2.34. The first-order chi connectivity index (χ1) is 62.9. The number of aromatic nitrogens is 8. The third kappa shape index (κ3) is 11.1. The van der Waals surface area contributed by atoms with Gasteiger partial charge < -0.3 is 10.2 Å². The van der Waals surface area contributed by atoms with Crippen LogP contribution in [-0.4, -0.2) is 95.7 Å². The van der Waals surface area contributed by atoms with Crippen molar-refractivity contribution in [3.05, 3.63) is 395 Å². The molecule has 4 aliphatic rings. The fourth-order valence-corrected chi connectivity index (χ4v) is 19.2. The van der Waals surface area contributed by atoms with Gasteiger partial charge in [0.1, 0.15) is 34.8 Å². The van der Waals surface area contributed by atoms with Crippen LogP contribution in [0, 0.1) is 0 Å². The number of para-hydroxylation sites is 8. The predicted molar refractivity (Wildman–Crippen MR) is 494 cm³/mol. The molecule has 2 N–H and O–H groups in total. The predicted octanol–water partition coefficient (Wildman–Crippen LogP) is 21.0. The van der Waals surface area contributed by atoms with Gasteiger partial charge in [0.15, 0.2) is 0 Å². The number of nitrogens with zero attached hydrogens (tertiary/aromatic N) is 12. The lowest BCUT2D eigenvalue weighted by molar-refractivity contribution is 0.0872. The molecule has 0 atom stereocenters. The maximum absolute atomic E-state index is 15.8. The van der Waals surface area contributed by atoms with Crippen molar-refractivity contribution in [2.45, 2.75) is 19.3 Å². The Balaban J connectivity index is 0.555. The van der Waals surface area contributed by atoms with Gasteiger partial charge in [-0.15, -0.1) is 0 Å². The summed E-state index contributed by atoms with van der Waals surface area (Å²) in [6.07, 6.45) is 0. The summed E-state index contributed by atoms with van der Waals surface area (Å²) < 4.78 is 8.02. The van der Waals surface area contributed by atoms with Crippen molar-refractivity contribution in [2.24, 2.45) is 0 Å². The van der Waals surface area contributed by atoms with Crippen LogP contribution in [0.4, 0.5) is 22.7 Å². The second-order valence-corrected chi connectivity index (χ2v) is 32.9. The summed E-state index contributed by atoms with van der Waals surface area (Å²) in [4.78, 5) is 150. The molecule has 612 valence electrons. The smallest absolute Gasteiger partial charge is 0.266 e. The summed E-state index contributed by atoms with van der Waals surface area (Å²) in [5.41, 5.74) is 11.1. The lowest BCUT2D eigenvalue weighted by Crippen LogP contribution is -2.43. The lowest BCUT2D eigenvalue weighted by atomic mass is 9.77. The number of amides is 8. The monoisotopic (exact) mass is 1680 g/mol. The molecule has 0 aliphatic carbocycles. The number of fused-ring (bicyclic) bond motifs is 4. The first-order valence-electron chi connectivity index (χ1n) is 41.8. The van der Waals surface area contributed by atoms with Crippen molar-refractivity contribution < 1.29 is 48.6 Å². The van der Waals surface area contributed by atoms with Gasteiger partial charge in [-0.05, 0) is 169 Å². The maximum Gasteiger partial charge on any atom is 0.266 e. The molecule has 22 nitrogen and oxygen atoms in total. The number of imide groups is 4. The molecule has 0 radical (unpaired) electrons. The number of aromatic hydroxyl groups is 2.